The van der Waals surface area contributed by atoms with Crippen molar-refractivity contribution >= 4 is 21.6 Å². The number of rotatable bonds is 3. The molecule has 1 atom stereocenters. The Hall–Kier alpha value is -1.41. The first-order valence-corrected chi connectivity index (χ1v) is 9.07. The van der Waals surface area contributed by atoms with Gasteiger partial charge in [-0.15, -0.1) is 0 Å². The van der Waals surface area contributed by atoms with Gasteiger partial charge in [0.25, 0.3) is 10.0 Å². The second-order valence-electron chi connectivity index (χ2n) is 5.51. The third-order valence-corrected chi connectivity index (χ3v) is 5.95. The van der Waals surface area contributed by atoms with E-state index in [1.54, 1.807) is 30.7 Å². The van der Waals surface area contributed by atoms with Crippen molar-refractivity contribution < 1.29 is 13.2 Å². The number of aryl methyl sites for hydroxylation is 2. The Labute approximate surface area is 140 Å². The number of halogens is 1. The van der Waals surface area contributed by atoms with Crippen LogP contribution < -0.4 is 0 Å². The Morgan fingerprint density at radius 2 is 2.00 bits per heavy atom. The summed E-state index contributed by atoms with van der Waals surface area (Å²) in [5.74, 6) is 0.658. The highest BCUT2D eigenvalue weighted by Gasteiger charge is 2.33. The van der Waals surface area contributed by atoms with Gasteiger partial charge >= 0.3 is 0 Å². The number of sulfonamides is 1. The van der Waals surface area contributed by atoms with Crippen LogP contribution in [-0.2, 0) is 21.8 Å². The summed E-state index contributed by atoms with van der Waals surface area (Å²) in [6.07, 6.45) is 1.23. The summed E-state index contributed by atoms with van der Waals surface area (Å²) < 4.78 is 34.4. The van der Waals surface area contributed by atoms with E-state index in [1.807, 2.05) is 12.1 Å². The Balaban J connectivity index is 1.84. The van der Waals surface area contributed by atoms with Crippen LogP contribution in [0.1, 0.15) is 17.5 Å². The molecule has 1 aromatic carbocycles. The van der Waals surface area contributed by atoms with Gasteiger partial charge in [0, 0.05) is 31.4 Å². The van der Waals surface area contributed by atoms with Crippen molar-refractivity contribution in [2.24, 2.45) is 7.05 Å². The lowest BCUT2D eigenvalue weighted by molar-refractivity contribution is -0.00261. The Kier molecular flexibility index (Phi) is 4.46. The highest BCUT2D eigenvalue weighted by molar-refractivity contribution is 7.89. The molecule has 0 spiro atoms. The average molecular weight is 356 g/mol. The molecule has 2 heterocycles. The van der Waals surface area contributed by atoms with E-state index < -0.39 is 10.0 Å². The zero-order valence-corrected chi connectivity index (χ0v) is 14.5. The molecule has 0 bridgehead atoms. The standard InChI is InChI=1S/C15H18ClN3O3S/c1-11-17-15(10-18(11)2)23(20,21)19-7-8-22-14(9-19)12-3-5-13(16)6-4-12/h3-6,10,14H,7-9H2,1-2H3/t14-/m1/s1. The van der Waals surface area contributed by atoms with Crippen LogP contribution in [0.15, 0.2) is 35.5 Å². The molecule has 0 aliphatic carbocycles. The van der Waals surface area contributed by atoms with Crippen LogP contribution in [0.4, 0.5) is 0 Å². The molecule has 1 aliphatic heterocycles. The van der Waals surface area contributed by atoms with E-state index in [2.05, 4.69) is 4.98 Å². The molecule has 0 N–H and O–H groups in total. The lowest BCUT2D eigenvalue weighted by Gasteiger charge is -2.31. The fourth-order valence-corrected chi connectivity index (χ4v) is 4.08. The van der Waals surface area contributed by atoms with Gasteiger partial charge in [0.1, 0.15) is 5.82 Å². The molecule has 0 radical (unpaired) electrons. The van der Waals surface area contributed by atoms with Gasteiger partial charge in [0.05, 0.1) is 12.7 Å². The Morgan fingerprint density at radius 3 is 2.61 bits per heavy atom. The Morgan fingerprint density at radius 1 is 1.30 bits per heavy atom. The second-order valence-corrected chi connectivity index (χ2v) is 7.83. The summed E-state index contributed by atoms with van der Waals surface area (Å²) in [4.78, 5) is 4.14. The van der Waals surface area contributed by atoms with Crippen LogP contribution >= 0.6 is 11.6 Å². The first-order valence-electron chi connectivity index (χ1n) is 7.25. The number of imidazole rings is 1. The van der Waals surface area contributed by atoms with Gasteiger partial charge in [-0.2, -0.15) is 4.31 Å². The number of nitrogens with zero attached hydrogens (tertiary/aromatic N) is 3. The zero-order chi connectivity index (χ0) is 16.6. The monoisotopic (exact) mass is 355 g/mol. The van der Waals surface area contributed by atoms with Crippen molar-refractivity contribution in [1.29, 1.82) is 0 Å². The van der Waals surface area contributed by atoms with Crippen LogP contribution in [-0.4, -0.2) is 42.0 Å². The molecule has 0 saturated carbocycles. The molecule has 0 unspecified atom stereocenters. The van der Waals surface area contributed by atoms with Gasteiger partial charge in [-0.05, 0) is 24.6 Å². The number of hydrogen-bond acceptors (Lipinski definition) is 4. The van der Waals surface area contributed by atoms with Crippen molar-refractivity contribution in [1.82, 2.24) is 13.9 Å². The lowest BCUT2D eigenvalue weighted by Crippen LogP contribution is -2.42. The van der Waals surface area contributed by atoms with Crippen LogP contribution in [0.25, 0.3) is 0 Å². The second kappa shape index (κ2) is 6.24. The normalized spacial score (nSPS) is 19.9. The summed E-state index contributed by atoms with van der Waals surface area (Å²) in [7, 11) is -1.84. The number of ether oxygens (including phenoxy) is 1. The minimum absolute atomic E-state index is 0.0780. The molecular formula is C15H18ClN3O3S. The first-order chi connectivity index (χ1) is 10.9. The van der Waals surface area contributed by atoms with E-state index in [9.17, 15) is 8.42 Å². The van der Waals surface area contributed by atoms with E-state index >= 15 is 0 Å². The highest BCUT2D eigenvalue weighted by Crippen LogP contribution is 2.27. The average Bonchev–Trinajstić information content (AvgIpc) is 2.88. The van der Waals surface area contributed by atoms with Gasteiger partial charge in [-0.3, -0.25) is 0 Å². The number of aromatic nitrogens is 2. The highest BCUT2D eigenvalue weighted by atomic mass is 35.5. The van der Waals surface area contributed by atoms with E-state index in [0.29, 0.717) is 24.0 Å². The molecule has 0 amide bonds. The summed E-state index contributed by atoms with van der Waals surface area (Å²) in [6, 6.07) is 7.26. The van der Waals surface area contributed by atoms with Crippen LogP contribution in [0.5, 0.6) is 0 Å². The summed E-state index contributed by atoms with van der Waals surface area (Å²) in [5.41, 5.74) is 0.909. The zero-order valence-electron chi connectivity index (χ0n) is 12.9. The van der Waals surface area contributed by atoms with Crippen molar-refractivity contribution in [3.05, 3.63) is 46.9 Å². The van der Waals surface area contributed by atoms with Gasteiger partial charge in [0.2, 0.25) is 0 Å². The number of benzene rings is 1. The third kappa shape index (κ3) is 3.28. The maximum Gasteiger partial charge on any atom is 0.262 e. The van der Waals surface area contributed by atoms with Crippen LogP contribution in [0.2, 0.25) is 5.02 Å². The smallest absolute Gasteiger partial charge is 0.262 e. The van der Waals surface area contributed by atoms with E-state index in [-0.39, 0.29) is 17.7 Å². The molecule has 2 aromatic rings. The molecule has 1 saturated heterocycles. The molecule has 124 valence electrons. The van der Waals surface area contributed by atoms with Gasteiger partial charge < -0.3 is 9.30 Å². The van der Waals surface area contributed by atoms with E-state index in [4.69, 9.17) is 16.3 Å². The molecule has 3 rings (SSSR count). The number of morpholine rings is 1. The Bertz CT molecular complexity index is 782. The van der Waals surface area contributed by atoms with Gasteiger partial charge in [-0.1, -0.05) is 23.7 Å². The molecule has 1 aliphatic rings. The fourth-order valence-electron chi connectivity index (χ4n) is 2.51. The predicted molar refractivity (Wildman–Crippen MR) is 86.8 cm³/mol. The molecule has 1 fully saturated rings. The first kappa shape index (κ1) is 16.4. The van der Waals surface area contributed by atoms with E-state index in [1.165, 1.54) is 10.5 Å². The van der Waals surface area contributed by atoms with Crippen LogP contribution in [0, 0.1) is 6.92 Å². The quantitative estimate of drug-likeness (QED) is 0.846. The maximum absolute atomic E-state index is 12.8. The van der Waals surface area contributed by atoms with Gasteiger partial charge in [-0.25, -0.2) is 13.4 Å². The summed E-state index contributed by atoms with van der Waals surface area (Å²) >= 11 is 5.89. The predicted octanol–water partition coefficient (Wildman–Crippen LogP) is 2.14. The maximum atomic E-state index is 12.8. The molecule has 8 heteroatoms. The third-order valence-electron chi connectivity index (χ3n) is 3.96. The summed E-state index contributed by atoms with van der Waals surface area (Å²) in [6.45, 7) is 2.70. The summed E-state index contributed by atoms with van der Waals surface area (Å²) in [5, 5.41) is 0.715. The van der Waals surface area contributed by atoms with Crippen molar-refractivity contribution in [2.75, 3.05) is 19.7 Å². The minimum atomic E-state index is -3.62. The van der Waals surface area contributed by atoms with Crippen molar-refractivity contribution in [3.8, 4) is 0 Å². The molecule has 6 nitrogen and oxygen atoms in total. The van der Waals surface area contributed by atoms with Crippen molar-refractivity contribution in [3.63, 3.8) is 0 Å². The van der Waals surface area contributed by atoms with Crippen LogP contribution in [0.3, 0.4) is 0 Å². The molecule has 1 aromatic heterocycles. The number of hydrogen-bond donors (Lipinski definition) is 0. The lowest BCUT2D eigenvalue weighted by atomic mass is 10.1. The van der Waals surface area contributed by atoms with E-state index in [0.717, 1.165) is 5.56 Å². The SMILES string of the molecule is Cc1nc(S(=O)(=O)N2CCO[C@@H](c3ccc(Cl)cc3)C2)cn1C. The minimum Gasteiger partial charge on any atom is -0.371 e. The topological polar surface area (TPSA) is 64.4 Å². The fraction of sp³-hybridized carbons (Fsp3) is 0.400. The van der Waals surface area contributed by atoms with Gasteiger partial charge in [0.15, 0.2) is 5.03 Å². The van der Waals surface area contributed by atoms with Crippen molar-refractivity contribution in [2.45, 2.75) is 18.1 Å². The molecular weight excluding hydrogens is 338 g/mol. The largest absolute Gasteiger partial charge is 0.371 e. The molecule has 23 heavy (non-hydrogen) atoms.